The minimum atomic E-state index is -0.328. The van der Waals surface area contributed by atoms with E-state index in [0.717, 1.165) is 29.6 Å². The van der Waals surface area contributed by atoms with E-state index in [-0.39, 0.29) is 11.9 Å². The third-order valence-electron chi connectivity index (χ3n) is 4.10. The van der Waals surface area contributed by atoms with Crippen molar-refractivity contribution in [2.75, 3.05) is 5.32 Å². The second-order valence-electron chi connectivity index (χ2n) is 5.55. The van der Waals surface area contributed by atoms with Gasteiger partial charge in [-0.25, -0.2) is 9.97 Å². The Hall–Kier alpha value is -2.21. The topological polar surface area (TPSA) is 59.8 Å². The first kappa shape index (κ1) is 13.5. The summed E-state index contributed by atoms with van der Waals surface area (Å²) < 4.78 is 1.89. The molecule has 0 bridgehead atoms. The molecule has 5 nitrogen and oxygen atoms in total. The van der Waals surface area contributed by atoms with Crippen LogP contribution in [0.5, 0.6) is 0 Å². The largest absolute Gasteiger partial charge is 0.318 e. The molecule has 6 heteroatoms. The minimum absolute atomic E-state index is 0.0597. The summed E-state index contributed by atoms with van der Waals surface area (Å²) in [6.45, 7) is 1.88. The van der Waals surface area contributed by atoms with Crippen LogP contribution < -0.4 is 5.32 Å². The third-order valence-corrected chi connectivity index (χ3v) is 5.18. The van der Waals surface area contributed by atoms with Crippen molar-refractivity contribution in [2.45, 2.75) is 32.2 Å². The highest BCUT2D eigenvalue weighted by molar-refractivity contribution is 7.15. The number of nitrogens with one attached hydrogen (secondary N) is 1. The van der Waals surface area contributed by atoms with Crippen LogP contribution in [0.3, 0.4) is 0 Å². The van der Waals surface area contributed by atoms with Gasteiger partial charge in [0.25, 0.3) is 0 Å². The van der Waals surface area contributed by atoms with Crippen LogP contribution in [0, 0.1) is 0 Å². The van der Waals surface area contributed by atoms with Gasteiger partial charge in [-0.1, -0.05) is 12.1 Å². The lowest BCUT2D eigenvalue weighted by atomic mass is 10.2. The number of thiazole rings is 1. The molecule has 112 valence electrons. The average Bonchev–Trinajstić information content (AvgIpc) is 3.19. The number of nitrogens with zero attached hydrogens (tertiary/aromatic N) is 3. The van der Waals surface area contributed by atoms with Gasteiger partial charge in [0.05, 0.1) is 23.1 Å². The Morgan fingerprint density at radius 2 is 2.23 bits per heavy atom. The maximum atomic E-state index is 12.5. The average molecular weight is 312 g/mol. The summed E-state index contributed by atoms with van der Waals surface area (Å²) in [5.41, 5.74) is 3.02. The van der Waals surface area contributed by atoms with Crippen molar-refractivity contribution in [1.29, 1.82) is 0 Å². The van der Waals surface area contributed by atoms with E-state index in [1.807, 2.05) is 35.8 Å². The van der Waals surface area contributed by atoms with E-state index in [2.05, 4.69) is 15.3 Å². The highest BCUT2D eigenvalue weighted by atomic mass is 32.1. The van der Waals surface area contributed by atoms with Gasteiger partial charge in [0.15, 0.2) is 5.13 Å². The Bertz CT molecular complexity index is 829. The summed E-state index contributed by atoms with van der Waals surface area (Å²) in [6.07, 6.45) is 5.02. The second-order valence-corrected chi connectivity index (χ2v) is 6.63. The van der Waals surface area contributed by atoms with E-state index in [1.54, 1.807) is 17.7 Å². The number of amides is 1. The summed E-state index contributed by atoms with van der Waals surface area (Å²) in [6, 6.07) is 7.50. The molecule has 3 aromatic rings. The molecule has 0 saturated heterocycles. The van der Waals surface area contributed by atoms with Crippen molar-refractivity contribution in [3.8, 4) is 0 Å². The molecule has 0 saturated carbocycles. The lowest BCUT2D eigenvalue weighted by molar-refractivity contribution is -0.118. The van der Waals surface area contributed by atoms with Gasteiger partial charge in [0.1, 0.15) is 6.04 Å². The van der Waals surface area contributed by atoms with Crippen LogP contribution >= 0.6 is 11.3 Å². The van der Waals surface area contributed by atoms with Crippen LogP contribution in [-0.4, -0.2) is 20.4 Å². The molecule has 22 heavy (non-hydrogen) atoms. The number of rotatable bonds is 3. The molecular formula is C16H16N4OS. The molecule has 1 aromatic carbocycles. The molecule has 2 aromatic heterocycles. The zero-order chi connectivity index (χ0) is 15.1. The number of carbonyl (C=O) groups excluding carboxylic acids is 1. The first-order valence-corrected chi connectivity index (χ1v) is 8.25. The Morgan fingerprint density at radius 3 is 3.09 bits per heavy atom. The van der Waals surface area contributed by atoms with Crippen LogP contribution in [0.4, 0.5) is 5.13 Å². The number of imidazole rings is 1. The Morgan fingerprint density at radius 1 is 1.36 bits per heavy atom. The van der Waals surface area contributed by atoms with Crippen molar-refractivity contribution in [1.82, 2.24) is 14.5 Å². The van der Waals surface area contributed by atoms with E-state index in [9.17, 15) is 4.79 Å². The highest BCUT2D eigenvalue weighted by Crippen LogP contribution is 2.31. The van der Waals surface area contributed by atoms with E-state index >= 15 is 0 Å². The highest BCUT2D eigenvalue weighted by Gasteiger charge is 2.21. The number of para-hydroxylation sites is 2. The van der Waals surface area contributed by atoms with Gasteiger partial charge < -0.3 is 9.88 Å². The van der Waals surface area contributed by atoms with Crippen LogP contribution in [0.1, 0.15) is 30.0 Å². The molecule has 1 aliphatic rings. The summed E-state index contributed by atoms with van der Waals surface area (Å²) in [4.78, 5) is 22.7. The third kappa shape index (κ3) is 2.20. The van der Waals surface area contributed by atoms with E-state index < -0.39 is 0 Å². The summed E-state index contributed by atoms with van der Waals surface area (Å²) in [7, 11) is 0. The number of fused-ring (bicyclic) bond motifs is 2. The molecule has 1 aliphatic carbocycles. The van der Waals surface area contributed by atoms with Gasteiger partial charge in [-0.15, -0.1) is 11.3 Å². The van der Waals surface area contributed by atoms with Crippen molar-refractivity contribution < 1.29 is 4.79 Å². The molecule has 1 unspecified atom stereocenters. The number of carbonyl (C=O) groups is 1. The van der Waals surface area contributed by atoms with Crippen LogP contribution in [-0.2, 0) is 17.6 Å². The molecule has 1 atom stereocenters. The van der Waals surface area contributed by atoms with Crippen molar-refractivity contribution in [2.24, 2.45) is 0 Å². The number of hydrogen-bond acceptors (Lipinski definition) is 4. The Balaban J connectivity index is 1.56. The summed E-state index contributed by atoms with van der Waals surface area (Å²) in [5.74, 6) is -0.0597. The second kappa shape index (κ2) is 5.21. The molecule has 0 aliphatic heterocycles. The standard InChI is InChI=1S/C16H16N4OS/c1-10(20-9-17-11-5-2-3-7-13(11)20)15(21)19-16-18-12-6-4-8-14(12)22-16/h2-3,5,7,9-10H,4,6,8H2,1H3,(H,18,19,21). The first-order chi connectivity index (χ1) is 10.7. The molecule has 0 fully saturated rings. The minimum Gasteiger partial charge on any atom is -0.318 e. The fourth-order valence-corrected chi connectivity index (χ4v) is 3.92. The summed E-state index contributed by atoms with van der Waals surface area (Å²) in [5, 5.41) is 3.66. The molecule has 2 heterocycles. The number of benzene rings is 1. The van der Waals surface area contributed by atoms with E-state index in [0.29, 0.717) is 5.13 Å². The molecular weight excluding hydrogens is 296 g/mol. The van der Waals surface area contributed by atoms with Crippen molar-refractivity contribution in [3.63, 3.8) is 0 Å². The number of anilines is 1. The molecule has 0 radical (unpaired) electrons. The van der Waals surface area contributed by atoms with Gasteiger partial charge in [-0.2, -0.15) is 0 Å². The maximum Gasteiger partial charge on any atom is 0.248 e. The quantitative estimate of drug-likeness (QED) is 0.808. The lowest BCUT2D eigenvalue weighted by Gasteiger charge is -2.13. The summed E-state index contributed by atoms with van der Waals surface area (Å²) >= 11 is 1.60. The monoisotopic (exact) mass is 312 g/mol. The first-order valence-electron chi connectivity index (χ1n) is 7.43. The van der Waals surface area contributed by atoms with Gasteiger partial charge in [0, 0.05) is 4.88 Å². The molecule has 4 rings (SSSR count). The van der Waals surface area contributed by atoms with Crippen LogP contribution in [0.15, 0.2) is 30.6 Å². The van der Waals surface area contributed by atoms with Crippen LogP contribution in [0.2, 0.25) is 0 Å². The maximum absolute atomic E-state index is 12.5. The van der Waals surface area contributed by atoms with E-state index in [4.69, 9.17) is 0 Å². The van der Waals surface area contributed by atoms with Gasteiger partial charge in [-0.05, 0) is 38.3 Å². The fourth-order valence-electron chi connectivity index (χ4n) is 2.87. The van der Waals surface area contributed by atoms with Crippen LogP contribution in [0.25, 0.3) is 11.0 Å². The Kier molecular flexibility index (Phi) is 3.18. The lowest BCUT2D eigenvalue weighted by Crippen LogP contribution is -2.23. The van der Waals surface area contributed by atoms with E-state index in [1.165, 1.54) is 11.3 Å². The van der Waals surface area contributed by atoms with Gasteiger partial charge in [-0.3, -0.25) is 4.79 Å². The molecule has 0 spiro atoms. The SMILES string of the molecule is CC(C(=O)Nc1nc2c(s1)CCC2)n1cnc2ccccc21. The predicted molar refractivity (Wildman–Crippen MR) is 87.2 cm³/mol. The van der Waals surface area contributed by atoms with Gasteiger partial charge >= 0.3 is 0 Å². The zero-order valence-electron chi connectivity index (χ0n) is 12.2. The fraction of sp³-hybridized carbons (Fsp3) is 0.312. The smallest absolute Gasteiger partial charge is 0.248 e. The normalized spacial score (nSPS) is 15.0. The number of hydrogen-bond donors (Lipinski definition) is 1. The van der Waals surface area contributed by atoms with Crippen molar-refractivity contribution in [3.05, 3.63) is 41.2 Å². The van der Waals surface area contributed by atoms with Gasteiger partial charge in [0.2, 0.25) is 5.91 Å². The molecule has 1 amide bonds. The zero-order valence-corrected chi connectivity index (χ0v) is 13.1. The number of aryl methyl sites for hydroxylation is 2. The predicted octanol–water partition coefficient (Wildman–Crippen LogP) is 3.18. The Labute approximate surface area is 132 Å². The van der Waals surface area contributed by atoms with Crippen molar-refractivity contribution >= 4 is 33.4 Å². The molecule has 1 N–H and O–H groups in total. The number of aromatic nitrogens is 3.